The van der Waals surface area contributed by atoms with Gasteiger partial charge in [-0.1, -0.05) is 42.5 Å². The summed E-state index contributed by atoms with van der Waals surface area (Å²) in [6.07, 6.45) is 3.51. The summed E-state index contributed by atoms with van der Waals surface area (Å²) in [5, 5.41) is 0.882. The number of amides is 1. The first-order valence-electron chi connectivity index (χ1n) is 8.98. The quantitative estimate of drug-likeness (QED) is 0.721. The van der Waals surface area contributed by atoms with E-state index in [1.54, 1.807) is 17.4 Å². The third-order valence-electron chi connectivity index (χ3n) is 4.76. The molecular weight excluding hydrogens is 342 g/mol. The van der Waals surface area contributed by atoms with E-state index in [-0.39, 0.29) is 5.91 Å². The first-order valence-corrected chi connectivity index (χ1v) is 9.80. The smallest absolute Gasteiger partial charge is 0.247 e. The van der Waals surface area contributed by atoms with E-state index in [4.69, 9.17) is 0 Å². The van der Waals surface area contributed by atoms with Gasteiger partial charge in [0.15, 0.2) is 0 Å². The summed E-state index contributed by atoms with van der Waals surface area (Å²) < 4.78 is 1.15. The fourth-order valence-electron chi connectivity index (χ4n) is 3.31. The molecule has 5 heteroatoms. The molecule has 1 amide bonds. The number of para-hydroxylation sites is 1. The third kappa shape index (κ3) is 4.00. The van der Waals surface area contributed by atoms with Crippen LogP contribution in [0.4, 0.5) is 0 Å². The number of thiazole rings is 1. The Hall–Kier alpha value is -2.50. The highest BCUT2D eigenvalue weighted by molar-refractivity contribution is 7.19. The van der Waals surface area contributed by atoms with Crippen LogP contribution in [0.2, 0.25) is 0 Å². The van der Waals surface area contributed by atoms with Crippen molar-refractivity contribution in [2.75, 3.05) is 26.2 Å². The Labute approximate surface area is 157 Å². The van der Waals surface area contributed by atoms with Crippen LogP contribution in [0.3, 0.4) is 0 Å². The minimum atomic E-state index is 0.0861. The molecule has 1 fully saturated rings. The number of nitrogens with one attached hydrogen (secondary N) is 1. The normalized spacial score (nSPS) is 15.8. The number of quaternary nitrogens is 1. The summed E-state index contributed by atoms with van der Waals surface area (Å²) in [5.74, 6) is 0.0861. The number of carbonyl (C=O) groups excluding carboxylic acids is 1. The topological polar surface area (TPSA) is 37.6 Å². The zero-order chi connectivity index (χ0) is 17.8. The Morgan fingerprint density at radius 3 is 2.58 bits per heavy atom. The molecular formula is C21H22N3OS+. The van der Waals surface area contributed by atoms with Crippen LogP contribution in [0.1, 0.15) is 10.6 Å². The predicted molar refractivity (Wildman–Crippen MR) is 106 cm³/mol. The predicted octanol–water partition coefficient (Wildman–Crippen LogP) is 2.24. The van der Waals surface area contributed by atoms with Crippen molar-refractivity contribution in [1.82, 2.24) is 9.88 Å². The molecule has 0 atom stereocenters. The molecule has 0 radical (unpaired) electrons. The van der Waals surface area contributed by atoms with E-state index in [2.05, 4.69) is 35.3 Å². The number of nitrogens with zero attached hydrogens (tertiary/aromatic N) is 2. The second kappa shape index (κ2) is 7.81. The van der Waals surface area contributed by atoms with Gasteiger partial charge in [0.1, 0.15) is 11.6 Å². The van der Waals surface area contributed by atoms with Crippen molar-refractivity contribution in [1.29, 1.82) is 0 Å². The Balaban J connectivity index is 1.32. The molecule has 1 aliphatic heterocycles. The van der Waals surface area contributed by atoms with Gasteiger partial charge in [-0.25, -0.2) is 4.98 Å². The molecule has 2 aromatic carbocycles. The summed E-state index contributed by atoms with van der Waals surface area (Å²) in [6.45, 7) is 4.64. The van der Waals surface area contributed by atoms with Crippen LogP contribution >= 0.6 is 11.3 Å². The van der Waals surface area contributed by atoms with Gasteiger partial charge in [-0.3, -0.25) is 4.79 Å². The van der Waals surface area contributed by atoms with Gasteiger partial charge in [0.05, 0.1) is 36.4 Å². The minimum absolute atomic E-state index is 0.0861. The highest BCUT2D eigenvalue weighted by Gasteiger charge is 2.22. The van der Waals surface area contributed by atoms with Gasteiger partial charge in [-0.05, 0) is 18.2 Å². The molecule has 3 aromatic rings. The maximum Gasteiger partial charge on any atom is 0.247 e. The lowest BCUT2D eigenvalue weighted by Gasteiger charge is -2.31. The number of aromatic nitrogens is 1. The molecule has 26 heavy (non-hydrogen) atoms. The highest BCUT2D eigenvalue weighted by atomic mass is 32.1. The fourth-order valence-corrected chi connectivity index (χ4v) is 4.18. The average molecular weight is 364 g/mol. The van der Waals surface area contributed by atoms with Crippen LogP contribution < -0.4 is 4.90 Å². The van der Waals surface area contributed by atoms with Gasteiger partial charge in [0.25, 0.3) is 0 Å². The van der Waals surface area contributed by atoms with E-state index < -0.39 is 0 Å². The van der Waals surface area contributed by atoms with Gasteiger partial charge >= 0.3 is 0 Å². The number of benzene rings is 2. The highest BCUT2D eigenvalue weighted by Crippen LogP contribution is 2.22. The maximum absolute atomic E-state index is 12.5. The second-order valence-corrected chi connectivity index (χ2v) is 7.65. The Bertz CT molecular complexity index is 878. The van der Waals surface area contributed by atoms with Crippen LogP contribution in [-0.4, -0.2) is 42.0 Å². The van der Waals surface area contributed by atoms with Crippen molar-refractivity contribution < 1.29 is 9.69 Å². The maximum atomic E-state index is 12.5. The van der Waals surface area contributed by atoms with Gasteiger partial charge in [0, 0.05) is 11.6 Å². The SMILES string of the molecule is O=C(/C=C/c1nc2ccccc2s1)N1CC[NH+](Cc2ccccc2)CC1. The van der Waals surface area contributed by atoms with E-state index in [1.807, 2.05) is 35.2 Å². The molecule has 1 N–H and O–H groups in total. The van der Waals surface area contributed by atoms with Crippen LogP contribution in [-0.2, 0) is 11.3 Å². The van der Waals surface area contributed by atoms with E-state index in [1.165, 1.54) is 10.5 Å². The molecule has 2 heterocycles. The van der Waals surface area contributed by atoms with Crippen LogP contribution in [0, 0.1) is 0 Å². The van der Waals surface area contributed by atoms with Gasteiger partial charge < -0.3 is 9.80 Å². The molecule has 1 aliphatic rings. The molecule has 0 unspecified atom stereocenters. The standard InChI is InChI=1S/C21H21N3OS/c25-21(11-10-20-22-18-8-4-5-9-19(18)26-20)24-14-12-23(13-15-24)16-17-6-2-1-3-7-17/h1-11H,12-16H2/p+1/b11-10+. The molecule has 0 bridgehead atoms. The largest absolute Gasteiger partial charge is 0.328 e. The first kappa shape index (κ1) is 16.9. The lowest BCUT2D eigenvalue weighted by atomic mass is 10.2. The van der Waals surface area contributed by atoms with Crippen molar-refractivity contribution in [2.24, 2.45) is 0 Å². The summed E-state index contributed by atoms with van der Waals surface area (Å²) in [4.78, 5) is 20.5. The average Bonchev–Trinajstić information content (AvgIpc) is 3.10. The number of rotatable bonds is 4. The second-order valence-electron chi connectivity index (χ2n) is 6.59. The summed E-state index contributed by atoms with van der Waals surface area (Å²) in [6, 6.07) is 18.6. The number of carbonyl (C=O) groups is 1. The Morgan fingerprint density at radius 1 is 1.08 bits per heavy atom. The lowest BCUT2D eigenvalue weighted by Crippen LogP contribution is -3.13. The molecule has 4 nitrogen and oxygen atoms in total. The van der Waals surface area contributed by atoms with E-state index in [9.17, 15) is 4.79 Å². The lowest BCUT2D eigenvalue weighted by molar-refractivity contribution is -0.917. The summed E-state index contributed by atoms with van der Waals surface area (Å²) in [7, 11) is 0. The molecule has 132 valence electrons. The number of piperazine rings is 1. The van der Waals surface area contributed by atoms with Crippen LogP contribution in [0.5, 0.6) is 0 Å². The number of hydrogen-bond donors (Lipinski definition) is 1. The van der Waals surface area contributed by atoms with Crippen molar-refractivity contribution in [3.8, 4) is 0 Å². The monoisotopic (exact) mass is 364 g/mol. The number of fused-ring (bicyclic) bond motifs is 1. The molecule has 0 saturated carbocycles. The first-order chi connectivity index (χ1) is 12.8. The third-order valence-corrected chi connectivity index (χ3v) is 5.76. The molecule has 4 rings (SSSR count). The zero-order valence-electron chi connectivity index (χ0n) is 14.6. The van der Waals surface area contributed by atoms with Crippen LogP contribution in [0.15, 0.2) is 60.7 Å². The van der Waals surface area contributed by atoms with Crippen molar-refractivity contribution in [3.63, 3.8) is 0 Å². The summed E-state index contributed by atoms with van der Waals surface area (Å²) >= 11 is 1.61. The van der Waals surface area contributed by atoms with Crippen molar-refractivity contribution in [2.45, 2.75) is 6.54 Å². The minimum Gasteiger partial charge on any atom is -0.328 e. The number of hydrogen-bond acceptors (Lipinski definition) is 3. The Kier molecular flexibility index (Phi) is 5.09. The summed E-state index contributed by atoms with van der Waals surface area (Å²) in [5.41, 5.74) is 2.35. The van der Waals surface area contributed by atoms with Crippen LogP contribution in [0.25, 0.3) is 16.3 Å². The van der Waals surface area contributed by atoms with Gasteiger partial charge in [0.2, 0.25) is 5.91 Å². The fraction of sp³-hybridized carbons (Fsp3) is 0.238. The van der Waals surface area contributed by atoms with Gasteiger partial charge in [-0.15, -0.1) is 11.3 Å². The van der Waals surface area contributed by atoms with Crippen molar-refractivity contribution in [3.05, 3.63) is 71.2 Å². The van der Waals surface area contributed by atoms with E-state index in [0.717, 1.165) is 47.9 Å². The Morgan fingerprint density at radius 2 is 1.81 bits per heavy atom. The van der Waals surface area contributed by atoms with Crippen molar-refractivity contribution >= 4 is 33.5 Å². The van der Waals surface area contributed by atoms with E-state index >= 15 is 0 Å². The molecule has 1 aromatic heterocycles. The molecule has 1 saturated heterocycles. The molecule has 0 aliphatic carbocycles. The molecule has 0 spiro atoms. The zero-order valence-corrected chi connectivity index (χ0v) is 15.4. The van der Waals surface area contributed by atoms with Gasteiger partial charge in [-0.2, -0.15) is 0 Å². The van der Waals surface area contributed by atoms with E-state index in [0.29, 0.717) is 0 Å².